The summed E-state index contributed by atoms with van der Waals surface area (Å²) in [5.74, 6) is 0.281. The number of pyridine rings is 1. The summed E-state index contributed by atoms with van der Waals surface area (Å²) in [6.45, 7) is 2.25. The van der Waals surface area contributed by atoms with Gasteiger partial charge in [-0.1, -0.05) is 75.1 Å². The molecule has 134 valence electrons. The van der Waals surface area contributed by atoms with E-state index < -0.39 is 0 Å². The summed E-state index contributed by atoms with van der Waals surface area (Å²) >= 11 is 0. The fourth-order valence-corrected chi connectivity index (χ4v) is 3.16. The number of phenols is 1. The van der Waals surface area contributed by atoms with E-state index in [1.165, 1.54) is 37.7 Å². The molecular weight excluding hydrogens is 318 g/mol. The molecule has 0 fully saturated rings. The average molecular weight is 345 g/mol. The molecule has 2 nitrogen and oxygen atoms in total. The van der Waals surface area contributed by atoms with Gasteiger partial charge >= 0.3 is 0 Å². The number of aromatic hydroxyl groups is 1. The van der Waals surface area contributed by atoms with Gasteiger partial charge in [0.1, 0.15) is 5.75 Å². The zero-order chi connectivity index (χ0) is 18.2. The Kier molecular flexibility index (Phi) is 6.43. The maximum Gasteiger partial charge on any atom is 0.115 e. The maximum absolute atomic E-state index is 9.40. The second kappa shape index (κ2) is 9.19. The molecule has 0 spiro atoms. The van der Waals surface area contributed by atoms with Gasteiger partial charge in [0.2, 0.25) is 0 Å². The van der Waals surface area contributed by atoms with Gasteiger partial charge in [0.05, 0.1) is 5.69 Å². The fourth-order valence-electron chi connectivity index (χ4n) is 3.16. The van der Waals surface area contributed by atoms with Crippen LogP contribution in [-0.4, -0.2) is 10.1 Å². The van der Waals surface area contributed by atoms with Crippen molar-refractivity contribution in [3.05, 3.63) is 72.4 Å². The number of unbranched alkanes of at least 4 members (excludes halogenated alkanes) is 4. The maximum atomic E-state index is 9.40. The molecule has 0 saturated heterocycles. The van der Waals surface area contributed by atoms with Crippen molar-refractivity contribution in [2.24, 2.45) is 0 Å². The summed E-state index contributed by atoms with van der Waals surface area (Å²) in [6.07, 6.45) is 9.67. The van der Waals surface area contributed by atoms with Crippen molar-refractivity contribution >= 4 is 0 Å². The molecule has 1 aromatic heterocycles. The molecule has 0 aliphatic rings. The van der Waals surface area contributed by atoms with Crippen molar-refractivity contribution in [2.75, 3.05) is 0 Å². The summed E-state index contributed by atoms with van der Waals surface area (Å²) in [7, 11) is 0. The van der Waals surface area contributed by atoms with E-state index in [-0.39, 0.29) is 5.75 Å². The number of aromatic nitrogens is 1. The van der Waals surface area contributed by atoms with Crippen LogP contribution in [0.15, 0.2) is 66.9 Å². The van der Waals surface area contributed by atoms with Crippen LogP contribution in [0, 0.1) is 0 Å². The van der Waals surface area contributed by atoms with Gasteiger partial charge in [-0.25, -0.2) is 0 Å². The van der Waals surface area contributed by atoms with Crippen molar-refractivity contribution in [1.29, 1.82) is 0 Å². The second-order valence-corrected chi connectivity index (χ2v) is 6.84. The standard InChI is InChI=1S/C24H27NO/c1-2-3-4-5-6-7-19-8-10-21(11-9-19)24-17-14-22(18-25-24)20-12-15-23(26)16-13-20/h8-18,26H,2-7H2,1H3. The number of aryl methyl sites for hydroxylation is 1. The molecule has 0 radical (unpaired) electrons. The summed E-state index contributed by atoms with van der Waals surface area (Å²) in [6, 6.07) is 20.1. The van der Waals surface area contributed by atoms with E-state index in [0.29, 0.717) is 0 Å². The zero-order valence-electron chi connectivity index (χ0n) is 15.5. The average Bonchev–Trinajstić information content (AvgIpc) is 2.69. The summed E-state index contributed by atoms with van der Waals surface area (Å²) in [5, 5.41) is 9.40. The van der Waals surface area contributed by atoms with Crippen molar-refractivity contribution < 1.29 is 5.11 Å². The first-order valence-electron chi connectivity index (χ1n) is 9.61. The van der Waals surface area contributed by atoms with Crippen LogP contribution in [0.1, 0.15) is 44.6 Å². The number of phenolic OH excluding ortho intramolecular Hbond substituents is 1. The van der Waals surface area contributed by atoms with Crippen LogP contribution in [-0.2, 0) is 6.42 Å². The Balaban J connectivity index is 1.61. The molecule has 3 aromatic rings. The highest BCUT2D eigenvalue weighted by molar-refractivity contribution is 5.67. The predicted octanol–water partition coefficient (Wildman–Crippen LogP) is 6.63. The van der Waals surface area contributed by atoms with Crippen molar-refractivity contribution in [3.63, 3.8) is 0 Å². The van der Waals surface area contributed by atoms with Gasteiger partial charge in [-0.2, -0.15) is 0 Å². The van der Waals surface area contributed by atoms with Gasteiger partial charge < -0.3 is 5.11 Å². The monoisotopic (exact) mass is 345 g/mol. The Labute approximate surface area is 156 Å². The Morgan fingerprint density at radius 3 is 2.00 bits per heavy atom. The Morgan fingerprint density at radius 1 is 0.692 bits per heavy atom. The van der Waals surface area contributed by atoms with E-state index >= 15 is 0 Å². The van der Waals surface area contributed by atoms with E-state index in [1.54, 1.807) is 12.1 Å². The quantitative estimate of drug-likeness (QED) is 0.464. The number of benzene rings is 2. The van der Waals surface area contributed by atoms with Gasteiger partial charge in [-0.05, 0) is 42.2 Å². The van der Waals surface area contributed by atoms with Crippen LogP contribution in [0.5, 0.6) is 5.75 Å². The van der Waals surface area contributed by atoms with Gasteiger partial charge in [0, 0.05) is 17.3 Å². The number of rotatable bonds is 8. The van der Waals surface area contributed by atoms with Crippen molar-refractivity contribution in [3.8, 4) is 28.1 Å². The topological polar surface area (TPSA) is 33.1 Å². The Morgan fingerprint density at radius 2 is 1.35 bits per heavy atom. The first-order valence-corrected chi connectivity index (χ1v) is 9.61. The molecule has 1 N–H and O–H groups in total. The largest absolute Gasteiger partial charge is 0.508 e. The van der Waals surface area contributed by atoms with Crippen LogP contribution >= 0.6 is 0 Å². The molecule has 1 heterocycles. The van der Waals surface area contributed by atoms with Crippen LogP contribution < -0.4 is 0 Å². The SMILES string of the molecule is CCCCCCCc1ccc(-c2ccc(-c3ccc(O)cc3)cn2)cc1. The molecule has 0 amide bonds. The number of nitrogens with zero attached hydrogens (tertiary/aromatic N) is 1. The minimum Gasteiger partial charge on any atom is -0.508 e. The molecule has 26 heavy (non-hydrogen) atoms. The fraction of sp³-hybridized carbons (Fsp3) is 0.292. The number of hydrogen-bond donors (Lipinski definition) is 1. The third kappa shape index (κ3) is 4.95. The van der Waals surface area contributed by atoms with E-state index in [4.69, 9.17) is 0 Å². The predicted molar refractivity (Wildman–Crippen MR) is 109 cm³/mol. The lowest BCUT2D eigenvalue weighted by molar-refractivity contribution is 0.475. The summed E-state index contributed by atoms with van der Waals surface area (Å²) in [5.41, 5.74) is 5.66. The van der Waals surface area contributed by atoms with Crippen LogP contribution in [0.4, 0.5) is 0 Å². The molecule has 0 aliphatic carbocycles. The minimum atomic E-state index is 0.281. The van der Waals surface area contributed by atoms with E-state index in [2.05, 4.69) is 48.3 Å². The molecule has 3 rings (SSSR count). The lowest BCUT2D eigenvalue weighted by Gasteiger charge is -2.06. The smallest absolute Gasteiger partial charge is 0.115 e. The molecule has 0 unspecified atom stereocenters. The molecule has 0 aliphatic heterocycles. The molecule has 2 heteroatoms. The van der Waals surface area contributed by atoms with Gasteiger partial charge in [-0.15, -0.1) is 0 Å². The molecular formula is C24H27NO. The third-order valence-corrected chi connectivity index (χ3v) is 4.78. The van der Waals surface area contributed by atoms with Crippen molar-refractivity contribution in [2.45, 2.75) is 45.4 Å². The Bertz CT molecular complexity index is 789. The normalized spacial score (nSPS) is 10.8. The van der Waals surface area contributed by atoms with Crippen LogP contribution in [0.25, 0.3) is 22.4 Å². The van der Waals surface area contributed by atoms with Gasteiger partial charge in [0.25, 0.3) is 0 Å². The lowest BCUT2D eigenvalue weighted by Crippen LogP contribution is -1.88. The van der Waals surface area contributed by atoms with Gasteiger partial charge in [-0.3, -0.25) is 4.98 Å². The highest BCUT2D eigenvalue weighted by Gasteiger charge is 2.03. The zero-order valence-corrected chi connectivity index (χ0v) is 15.5. The molecule has 2 aromatic carbocycles. The van der Waals surface area contributed by atoms with Gasteiger partial charge in [0.15, 0.2) is 0 Å². The van der Waals surface area contributed by atoms with Crippen LogP contribution in [0.2, 0.25) is 0 Å². The minimum absolute atomic E-state index is 0.281. The highest BCUT2D eigenvalue weighted by Crippen LogP contribution is 2.24. The number of hydrogen-bond acceptors (Lipinski definition) is 2. The summed E-state index contributed by atoms with van der Waals surface area (Å²) in [4.78, 5) is 4.61. The second-order valence-electron chi connectivity index (χ2n) is 6.84. The Hall–Kier alpha value is -2.61. The summed E-state index contributed by atoms with van der Waals surface area (Å²) < 4.78 is 0. The molecule has 0 saturated carbocycles. The van der Waals surface area contributed by atoms with E-state index in [0.717, 1.165) is 28.8 Å². The first kappa shape index (κ1) is 18.2. The van der Waals surface area contributed by atoms with E-state index in [9.17, 15) is 5.11 Å². The first-order chi connectivity index (χ1) is 12.8. The molecule has 0 bridgehead atoms. The highest BCUT2D eigenvalue weighted by atomic mass is 16.3. The molecule has 0 atom stereocenters. The van der Waals surface area contributed by atoms with E-state index in [1.807, 2.05) is 18.3 Å². The third-order valence-electron chi connectivity index (χ3n) is 4.78. The van der Waals surface area contributed by atoms with Crippen LogP contribution in [0.3, 0.4) is 0 Å². The van der Waals surface area contributed by atoms with Crippen molar-refractivity contribution in [1.82, 2.24) is 4.98 Å². The lowest BCUT2D eigenvalue weighted by atomic mass is 10.0.